The predicted molar refractivity (Wildman–Crippen MR) is 124 cm³/mol. The maximum absolute atomic E-state index is 6.85. The summed E-state index contributed by atoms with van der Waals surface area (Å²) in [4.78, 5) is 0. The van der Waals surface area contributed by atoms with Crippen LogP contribution in [0, 0.1) is 17.8 Å². The van der Waals surface area contributed by atoms with Gasteiger partial charge in [-0.05, 0) is 72.8 Å². The van der Waals surface area contributed by atoms with Crippen LogP contribution in [0.4, 0.5) is 0 Å². The van der Waals surface area contributed by atoms with Crippen molar-refractivity contribution in [3.8, 4) is 17.6 Å². The minimum atomic E-state index is -0.432. The monoisotopic (exact) mass is 400 g/mol. The first-order valence-electron chi connectivity index (χ1n) is 10.2. The Morgan fingerprint density at radius 1 is 1.00 bits per heavy atom. The molecule has 0 radical (unpaired) electrons. The van der Waals surface area contributed by atoms with Crippen LogP contribution in [-0.2, 0) is 0 Å². The van der Waals surface area contributed by atoms with Crippen LogP contribution in [0.2, 0.25) is 0 Å². The van der Waals surface area contributed by atoms with Crippen molar-refractivity contribution in [2.45, 2.75) is 45.4 Å². The molecule has 1 aliphatic rings. The van der Waals surface area contributed by atoms with Gasteiger partial charge in [-0.25, -0.2) is 0 Å². The minimum absolute atomic E-state index is 0.432. The van der Waals surface area contributed by atoms with E-state index in [0.717, 1.165) is 34.9 Å². The van der Waals surface area contributed by atoms with Crippen molar-refractivity contribution in [3.05, 3.63) is 65.2 Å². The van der Waals surface area contributed by atoms with Crippen LogP contribution in [0.5, 0.6) is 5.75 Å². The minimum Gasteiger partial charge on any atom is -0.497 e. The average Bonchev–Trinajstić information content (AvgIpc) is 2.74. The zero-order valence-corrected chi connectivity index (χ0v) is 18.8. The molecule has 144 valence electrons. The predicted octanol–water partition coefficient (Wildman–Crippen LogP) is 6.86. The Bertz CT molecular complexity index is 752. The lowest BCUT2D eigenvalue weighted by Crippen LogP contribution is -2.10. The van der Waals surface area contributed by atoms with Gasteiger partial charge in [0.1, 0.15) is 5.75 Å². The molecule has 0 amide bonds. The molecule has 2 unspecified atom stereocenters. The van der Waals surface area contributed by atoms with Gasteiger partial charge < -0.3 is 4.74 Å². The number of hydrogen-bond acceptors (Lipinski definition) is 1. The van der Waals surface area contributed by atoms with Gasteiger partial charge in [0.15, 0.2) is 0 Å². The van der Waals surface area contributed by atoms with Crippen molar-refractivity contribution in [3.63, 3.8) is 0 Å². The Labute approximate surface area is 170 Å². The van der Waals surface area contributed by atoms with Crippen LogP contribution in [0.1, 0.15) is 62.1 Å². The molecule has 0 saturated heterocycles. The number of methoxy groups -OCH3 is 1. The SMILES string of the molecule is COc1ccc(C#Cc2ccc(C3CCC(C)CC3)cc2)cc1.[3H]P(P)CC. The van der Waals surface area contributed by atoms with E-state index in [1.807, 2.05) is 31.2 Å². The Hall–Kier alpha value is -1.34. The fraction of sp³-hybridized carbons (Fsp3) is 0.417. The van der Waals surface area contributed by atoms with Crippen LogP contribution in [-0.4, -0.2) is 14.6 Å². The van der Waals surface area contributed by atoms with Crippen LogP contribution >= 0.6 is 17.1 Å². The van der Waals surface area contributed by atoms with E-state index in [2.05, 4.69) is 52.0 Å². The van der Waals surface area contributed by atoms with Gasteiger partial charge in [-0.15, -0.1) is 17.1 Å². The summed E-state index contributed by atoms with van der Waals surface area (Å²) in [6.07, 6.45) is 6.39. The summed E-state index contributed by atoms with van der Waals surface area (Å²) in [7, 11) is 3.71. The topological polar surface area (TPSA) is 9.23 Å². The summed E-state index contributed by atoms with van der Waals surface area (Å²) in [6, 6.07) is 16.7. The molecule has 0 aliphatic heterocycles. The molecule has 1 saturated carbocycles. The van der Waals surface area contributed by atoms with Gasteiger partial charge in [0.25, 0.3) is 0 Å². The highest BCUT2D eigenvalue weighted by Crippen LogP contribution is 2.35. The largest absolute Gasteiger partial charge is 0.497 e. The third kappa shape index (κ3) is 7.66. The smallest absolute Gasteiger partial charge is 0.118 e. The molecular weight excluding hydrogens is 366 g/mol. The summed E-state index contributed by atoms with van der Waals surface area (Å²) < 4.78 is 12.0. The van der Waals surface area contributed by atoms with Gasteiger partial charge in [0, 0.05) is 11.1 Å². The van der Waals surface area contributed by atoms with Gasteiger partial charge in [0.2, 0.25) is 0 Å². The van der Waals surface area contributed by atoms with Gasteiger partial charge in [-0.1, -0.05) is 50.7 Å². The molecule has 3 rings (SSSR count). The van der Waals surface area contributed by atoms with Gasteiger partial charge in [-0.3, -0.25) is 0 Å². The molecule has 0 bridgehead atoms. The van der Waals surface area contributed by atoms with Crippen LogP contribution in [0.15, 0.2) is 48.5 Å². The van der Waals surface area contributed by atoms with E-state index in [4.69, 9.17) is 6.02 Å². The Kier molecular flexibility index (Phi) is 9.20. The lowest BCUT2D eigenvalue weighted by atomic mass is 9.79. The van der Waals surface area contributed by atoms with Gasteiger partial charge >= 0.3 is 0 Å². The second kappa shape index (κ2) is 12.2. The maximum atomic E-state index is 6.85. The molecule has 2 aromatic carbocycles. The molecule has 3 heteroatoms. The van der Waals surface area contributed by atoms with E-state index in [-0.39, 0.29) is 0 Å². The molecule has 2 aromatic rings. The number of hydrogen-bond donors (Lipinski definition) is 0. The van der Waals surface area contributed by atoms with Crippen molar-refractivity contribution in [1.82, 2.24) is 0 Å². The second-order valence-electron chi connectivity index (χ2n) is 7.06. The van der Waals surface area contributed by atoms with E-state index >= 15 is 0 Å². The first-order chi connectivity index (χ1) is 13.5. The Morgan fingerprint density at radius 2 is 1.48 bits per heavy atom. The van der Waals surface area contributed by atoms with E-state index in [1.165, 1.54) is 31.2 Å². The zero-order valence-electron chi connectivity index (χ0n) is 17.7. The molecule has 27 heavy (non-hydrogen) atoms. The third-order valence-electron chi connectivity index (χ3n) is 5.02. The second-order valence-corrected chi connectivity index (χ2v) is 9.15. The lowest BCUT2D eigenvalue weighted by Gasteiger charge is -2.26. The average molecular weight is 400 g/mol. The highest BCUT2D eigenvalue weighted by Gasteiger charge is 2.19. The lowest BCUT2D eigenvalue weighted by molar-refractivity contribution is 0.348. The molecule has 0 aromatic heterocycles. The summed E-state index contributed by atoms with van der Waals surface area (Å²) in [5.41, 5.74) is 3.57. The molecule has 1 aliphatic carbocycles. The number of rotatable bonds is 3. The molecular formula is C24H32OP2. The molecule has 1 fully saturated rings. The summed E-state index contributed by atoms with van der Waals surface area (Å²) >= 11 is 0. The van der Waals surface area contributed by atoms with Gasteiger partial charge in [-0.2, -0.15) is 0 Å². The van der Waals surface area contributed by atoms with E-state index in [1.54, 1.807) is 7.11 Å². The third-order valence-corrected chi connectivity index (χ3v) is 6.48. The standard InChI is InChI=1S/C22H24O.C2H8P2/c1-17-3-11-20(12-4-17)21-13-7-18(8-14-21)5-6-19-9-15-22(23-2)16-10-19;1-2-4-3/h7-10,13-17,20H,3-4,11-12H2,1-2H3;4H,2-3H2,1H3/i;4T. The van der Waals surface area contributed by atoms with Crippen molar-refractivity contribution in [1.29, 1.82) is 1.28 Å². The van der Waals surface area contributed by atoms with E-state index < -0.39 is 8.21 Å². The summed E-state index contributed by atoms with van der Waals surface area (Å²) in [5.74, 6) is 8.97. The fourth-order valence-corrected chi connectivity index (χ4v) is 3.25. The summed E-state index contributed by atoms with van der Waals surface area (Å²) in [5, 5.41) is 0. The van der Waals surface area contributed by atoms with Crippen molar-refractivity contribution >= 4 is 17.1 Å². The highest BCUT2D eigenvalue weighted by molar-refractivity contribution is 8.02. The maximum Gasteiger partial charge on any atom is 0.118 e. The van der Waals surface area contributed by atoms with Crippen molar-refractivity contribution in [2.75, 3.05) is 13.3 Å². The fourth-order valence-electron chi connectivity index (χ4n) is 3.25. The van der Waals surface area contributed by atoms with Crippen LogP contribution in [0.3, 0.4) is 0 Å². The van der Waals surface area contributed by atoms with Crippen LogP contribution in [0.25, 0.3) is 0 Å². The molecule has 0 heterocycles. The molecule has 0 spiro atoms. The number of ether oxygens (including phenoxy) is 1. The van der Waals surface area contributed by atoms with Crippen LogP contribution < -0.4 is 4.74 Å². The quantitative estimate of drug-likeness (QED) is 0.404. The first kappa shape index (κ1) is 20.4. The molecule has 2 atom stereocenters. The molecule has 0 N–H and O–H groups in total. The normalized spacial score (nSPS) is 20.2. The Morgan fingerprint density at radius 3 is 1.93 bits per heavy atom. The van der Waals surface area contributed by atoms with Crippen molar-refractivity contribution in [2.24, 2.45) is 5.92 Å². The first-order valence-corrected chi connectivity index (χ1v) is 12.5. The molecule has 1 nitrogen and oxygen atoms in total. The number of benzene rings is 2. The van der Waals surface area contributed by atoms with Crippen molar-refractivity contribution < 1.29 is 4.74 Å². The van der Waals surface area contributed by atoms with E-state index in [0.29, 0.717) is 0 Å². The van der Waals surface area contributed by atoms with Gasteiger partial charge in [0.05, 0.1) is 8.39 Å². The van der Waals surface area contributed by atoms with E-state index in [9.17, 15) is 0 Å². The highest BCUT2D eigenvalue weighted by atomic mass is 32.0. The Balaban J connectivity index is 0.000000500. The summed E-state index contributed by atoms with van der Waals surface area (Å²) in [6.45, 7) is 4.39. The zero-order chi connectivity index (χ0) is 20.4.